The summed E-state index contributed by atoms with van der Waals surface area (Å²) in [7, 11) is 0. The summed E-state index contributed by atoms with van der Waals surface area (Å²) in [5.41, 5.74) is 3.66. The lowest BCUT2D eigenvalue weighted by molar-refractivity contribution is -0.116. The quantitative estimate of drug-likeness (QED) is 0.455. The molecule has 0 unspecified atom stereocenters. The highest BCUT2D eigenvalue weighted by Crippen LogP contribution is 2.24. The van der Waals surface area contributed by atoms with Gasteiger partial charge in [0, 0.05) is 30.0 Å². The molecule has 30 heavy (non-hydrogen) atoms. The van der Waals surface area contributed by atoms with Crippen molar-refractivity contribution in [3.63, 3.8) is 0 Å². The summed E-state index contributed by atoms with van der Waals surface area (Å²) in [6, 6.07) is 13.7. The van der Waals surface area contributed by atoms with Crippen LogP contribution >= 0.6 is 11.3 Å². The van der Waals surface area contributed by atoms with Gasteiger partial charge in [-0.1, -0.05) is 49.3 Å². The maximum Gasteiger partial charge on any atom is 0.227 e. The maximum absolute atomic E-state index is 12.3. The van der Waals surface area contributed by atoms with Gasteiger partial charge in [-0.3, -0.25) is 9.78 Å². The number of thiazole rings is 1. The van der Waals surface area contributed by atoms with Gasteiger partial charge in [0.2, 0.25) is 17.6 Å². The van der Waals surface area contributed by atoms with Gasteiger partial charge in [0.1, 0.15) is 5.69 Å². The number of pyridine rings is 1. The SMILES string of the molecule is CC(C)c1ccc(-c2noc(CCC(=O)Nc3nc(-c4ccccn4)cs3)n2)cc1. The Morgan fingerprint density at radius 1 is 1.10 bits per heavy atom. The smallest absolute Gasteiger partial charge is 0.227 e. The molecule has 0 aliphatic heterocycles. The number of aromatic nitrogens is 4. The fourth-order valence-corrected chi connectivity index (χ4v) is 3.58. The molecule has 0 atom stereocenters. The van der Waals surface area contributed by atoms with Crippen LogP contribution in [0.2, 0.25) is 0 Å². The molecule has 0 bridgehead atoms. The van der Waals surface area contributed by atoms with E-state index in [1.165, 1.54) is 16.9 Å². The van der Waals surface area contributed by atoms with Crippen LogP contribution in [0.5, 0.6) is 0 Å². The first kappa shape index (κ1) is 19.9. The highest BCUT2D eigenvalue weighted by atomic mass is 32.1. The van der Waals surface area contributed by atoms with Crippen molar-refractivity contribution >= 4 is 22.4 Å². The minimum absolute atomic E-state index is 0.155. The van der Waals surface area contributed by atoms with E-state index in [-0.39, 0.29) is 12.3 Å². The highest BCUT2D eigenvalue weighted by Gasteiger charge is 2.13. The van der Waals surface area contributed by atoms with Crippen LogP contribution in [-0.4, -0.2) is 26.0 Å². The van der Waals surface area contributed by atoms with Gasteiger partial charge < -0.3 is 9.84 Å². The van der Waals surface area contributed by atoms with Gasteiger partial charge in [-0.25, -0.2) is 4.98 Å². The van der Waals surface area contributed by atoms with Crippen LogP contribution < -0.4 is 5.32 Å². The summed E-state index contributed by atoms with van der Waals surface area (Å²) in [5.74, 6) is 1.27. The van der Waals surface area contributed by atoms with Crippen LogP contribution in [-0.2, 0) is 11.2 Å². The van der Waals surface area contributed by atoms with E-state index in [1.807, 2.05) is 35.7 Å². The summed E-state index contributed by atoms with van der Waals surface area (Å²) in [5, 5.41) is 9.24. The number of aryl methyl sites for hydroxylation is 1. The molecule has 1 N–H and O–H groups in total. The molecule has 0 spiro atoms. The van der Waals surface area contributed by atoms with Crippen molar-refractivity contribution in [3.05, 3.63) is 65.5 Å². The van der Waals surface area contributed by atoms with Crippen LogP contribution in [0.4, 0.5) is 5.13 Å². The van der Waals surface area contributed by atoms with Crippen LogP contribution in [0, 0.1) is 0 Å². The van der Waals surface area contributed by atoms with Crippen molar-refractivity contribution in [1.82, 2.24) is 20.1 Å². The first-order valence-electron chi connectivity index (χ1n) is 9.68. The Morgan fingerprint density at radius 3 is 2.67 bits per heavy atom. The molecule has 7 nitrogen and oxygen atoms in total. The molecule has 1 amide bonds. The highest BCUT2D eigenvalue weighted by molar-refractivity contribution is 7.14. The molecular formula is C22H21N5O2S. The Labute approximate surface area is 178 Å². The fourth-order valence-electron chi connectivity index (χ4n) is 2.86. The summed E-state index contributed by atoms with van der Waals surface area (Å²) in [6.45, 7) is 4.30. The maximum atomic E-state index is 12.3. The number of benzene rings is 1. The Balaban J connectivity index is 1.32. The van der Waals surface area contributed by atoms with Crippen molar-refractivity contribution < 1.29 is 9.32 Å². The van der Waals surface area contributed by atoms with Crippen molar-refractivity contribution in [2.24, 2.45) is 0 Å². The third kappa shape index (κ3) is 4.77. The van der Waals surface area contributed by atoms with Gasteiger partial charge >= 0.3 is 0 Å². The lowest BCUT2D eigenvalue weighted by Gasteiger charge is -2.04. The average Bonchev–Trinajstić information content (AvgIpc) is 3.43. The van der Waals surface area contributed by atoms with E-state index < -0.39 is 0 Å². The first-order valence-corrected chi connectivity index (χ1v) is 10.6. The molecule has 0 saturated heterocycles. The first-order chi connectivity index (χ1) is 14.6. The number of carbonyl (C=O) groups excluding carboxylic acids is 1. The molecule has 0 saturated carbocycles. The predicted octanol–water partition coefficient (Wildman–Crippen LogP) is 4.95. The van der Waals surface area contributed by atoms with Crippen molar-refractivity contribution in [2.75, 3.05) is 5.32 Å². The number of hydrogen-bond acceptors (Lipinski definition) is 7. The van der Waals surface area contributed by atoms with Crippen molar-refractivity contribution in [3.8, 4) is 22.8 Å². The molecule has 0 fully saturated rings. The zero-order chi connectivity index (χ0) is 20.9. The molecule has 4 aromatic rings. The number of hydrogen-bond donors (Lipinski definition) is 1. The van der Waals surface area contributed by atoms with Gasteiger partial charge in [0.15, 0.2) is 5.13 Å². The second kappa shape index (κ2) is 8.96. The zero-order valence-corrected chi connectivity index (χ0v) is 17.5. The van der Waals surface area contributed by atoms with Crippen LogP contribution in [0.3, 0.4) is 0 Å². The Hall–Kier alpha value is -3.39. The lowest BCUT2D eigenvalue weighted by atomic mass is 10.0. The minimum Gasteiger partial charge on any atom is -0.339 e. The topological polar surface area (TPSA) is 93.8 Å². The molecular weight excluding hydrogens is 398 g/mol. The number of rotatable bonds is 7. The van der Waals surface area contributed by atoms with E-state index in [2.05, 4.69) is 51.4 Å². The molecule has 8 heteroatoms. The third-order valence-electron chi connectivity index (χ3n) is 4.55. The largest absolute Gasteiger partial charge is 0.339 e. The third-order valence-corrected chi connectivity index (χ3v) is 5.31. The number of carbonyl (C=O) groups is 1. The molecule has 0 aliphatic carbocycles. The normalized spacial score (nSPS) is 11.0. The van der Waals surface area contributed by atoms with Crippen LogP contribution in [0.15, 0.2) is 58.6 Å². The molecule has 3 aromatic heterocycles. The summed E-state index contributed by atoms with van der Waals surface area (Å²) >= 11 is 1.36. The Morgan fingerprint density at radius 2 is 1.93 bits per heavy atom. The van der Waals surface area contributed by atoms with Crippen LogP contribution in [0.25, 0.3) is 22.8 Å². The fraction of sp³-hybridized carbons (Fsp3) is 0.227. The van der Waals surface area contributed by atoms with Gasteiger partial charge in [-0.05, 0) is 23.6 Å². The van der Waals surface area contributed by atoms with E-state index in [9.17, 15) is 4.79 Å². The number of anilines is 1. The van der Waals surface area contributed by atoms with Crippen molar-refractivity contribution in [2.45, 2.75) is 32.6 Å². The van der Waals surface area contributed by atoms with E-state index >= 15 is 0 Å². The number of nitrogens with one attached hydrogen (secondary N) is 1. The van der Waals surface area contributed by atoms with Gasteiger partial charge in [0.25, 0.3) is 0 Å². The van der Waals surface area contributed by atoms with E-state index in [4.69, 9.17) is 4.52 Å². The lowest BCUT2D eigenvalue weighted by Crippen LogP contribution is -2.12. The van der Waals surface area contributed by atoms with E-state index in [0.29, 0.717) is 29.2 Å². The van der Waals surface area contributed by atoms with Gasteiger partial charge in [-0.2, -0.15) is 4.98 Å². The molecule has 1 aromatic carbocycles. The number of nitrogens with zero attached hydrogens (tertiary/aromatic N) is 4. The van der Waals surface area contributed by atoms with Crippen molar-refractivity contribution in [1.29, 1.82) is 0 Å². The molecule has 152 valence electrons. The zero-order valence-electron chi connectivity index (χ0n) is 16.7. The number of amides is 1. The van der Waals surface area contributed by atoms with Gasteiger partial charge in [-0.15, -0.1) is 11.3 Å². The Bertz CT molecular complexity index is 1120. The summed E-state index contributed by atoms with van der Waals surface area (Å²) in [4.78, 5) is 25.3. The van der Waals surface area contributed by atoms with Crippen LogP contribution in [0.1, 0.15) is 37.6 Å². The monoisotopic (exact) mass is 419 g/mol. The summed E-state index contributed by atoms with van der Waals surface area (Å²) in [6.07, 6.45) is 2.30. The van der Waals surface area contributed by atoms with Gasteiger partial charge in [0.05, 0.1) is 5.69 Å². The average molecular weight is 420 g/mol. The summed E-state index contributed by atoms with van der Waals surface area (Å²) < 4.78 is 5.30. The molecule has 4 rings (SSSR count). The second-order valence-electron chi connectivity index (χ2n) is 7.09. The standard InChI is InChI=1S/C22H21N5O2S/c1-14(2)15-6-8-16(9-7-15)21-26-20(29-27-21)11-10-19(28)25-22-24-18(13-30-22)17-5-3-4-12-23-17/h3-9,12-14H,10-11H2,1-2H3,(H,24,25,28). The van der Waals surface area contributed by atoms with E-state index in [0.717, 1.165) is 17.0 Å². The second-order valence-corrected chi connectivity index (χ2v) is 7.95. The molecule has 0 aliphatic rings. The predicted molar refractivity (Wildman–Crippen MR) is 116 cm³/mol. The molecule has 0 radical (unpaired) electrons. The minimum atomic E-state index is -0.155. The van der Waals surface area contributed by atoms with E-state index in [1.54, 1.807) is 6.20 Å². The molecule has 3 heterocycles. The Kier molecular flexibility index (Phi) is 5.94.